The molecule has 62 valence electrons. The first-order valence-electron chi connectivity index (χ1n) is 3.09. The van der Waals surface area contributed by atoms with Gasteiger partial charge in [0, 0.05) is 0 Å². The van der Waals surface area contributed by atoms with Crippen LogP contribution in [-0.4, -0.2) is 0 Å². The minimum Gasteiger partial charge on any atom is -0.295 e. The summed E-state index contributed by atoms with van der Waals surface area (Å²) < 4.78 is 24.2. The number of nitrogens with one attached hydrogen (secondary N) is 2. The molecular weight excluding hydrogens is 164 g/mol. The highest BCUT2D eigenvalue weighted by Gasteiger charge is 2.01. The van der Waals surface area contributed by atoms with Crippen LogP contribution in [0.2, 0.25) is 0 Å². The van der Waals surface area contributed by atoms with E-state index in [0.29, 0.717) is 0 Å². The number of rotatable bonds is 2. The van der Waals surface area contributed by atoms with Crippen LogP contribution in [0.3, 0.4) is 0 Å². The lowest BCUT2D eigenvalue weighted by atomic mass is 10.2. The van der Waals surface area contributed by atoms with Crippen LogP contribution in [0.25, 0.3) is 0 Å². The Morgan fingerprint density at radius 2 is 2.17 bits per heavy atom. The molecule has 0 aliphatic carbocycles. The van der Waals surface area contributed by atoms with E-state index in [1.165, 1.54) is 12.1 Å². The van der Waals surface area contributed by atoms with Gasteiger partial charge >= 0.3 is 0 Å². The van der Waals surface area contributed by atoms with Crippen molar-refractivity contribution in [2.24, 2.45) is 0 Å². The standard InChI is InChI=1S/C7H5F2N3/c8-7-3-6(11-12-9)2-1-5(7)4-10/h1-3,11-12H. The van der Waals surface area contributed by atoms with Gasteiger partial charge in [-0.1, -0.05) is 5.65 Å². The van der Waals surface area contributed by atoms with Crippen LogP contribution >= 0.6 is 0 Å². The van der Waals surface area contributed by atoms with Gasteiger partial charge in [0.1, 0.15) is 11.9 Å². The molecule has 0 amide bonds. The Hall–Kier alpha value is -1.67. The van der Waals surface area contributed by atoms with Crippen LogP contribution in [-0.2, 0) is 0 Å². The second-order valence-corrected chi connectivity index (χ2v) is 2.03. The molecule has 1 aromatic rings. The summed E-state index contributed by atoms with van der Waals surface area (Å²) in [7, 11) is 0. The van der Waals surface area contributed by atoms with Crippen molar-refractivity contribution in [1.29, 1.82) is 5.26 Å². The van der Waals surface area contributed by atoms with Gasteiger partial charge in [-0.05, 0) is 18.2 Å². The number of hydrazine groups is 1. The van der Waals surface area contributed by atoms with Crippen LogP contribution in [0.4, 0.5) is 14.6 Å². The van der Waals surface area contributed by atoms with Gasteiger partial charge in [0.2, 0.25) is 0 Å². The molecule has 0 spiro atoms. The zero-order valence-corrected chi connectivity index (χ0v) is 5.94. The van der Waals surface area contributed by atoms with E-state index in [2.05, 4.69) is 0 Å². The highest BCUT2D eigenvalue weighted by molar-refractivity contribution is 5.47. The Kier molecular flexibility index (Phi) is 2.56. The molecule has 0 aliphatic heterocycles. The smallest absolute Gasteiger partial charge is 0.143 e. The van der Waals surface area contributed by atoms with E-state index < -0.39 is 5.82 Å². The molecule has 0 fully saturated rings. The number of hydrogen-bond donors (Lipinski definition) is 2. The predicted octanol–water partition coefficient (Wildman–Crippen LogP) is 1.50. The zero-order chi connectivity index (χ0) is 8.97. The van der Waals surface area contributed by atoms with Gasteiger partial charge in [-0.3, -0.25) is 5.43 Å². The quantitative estimate of drug-likeness (QED) is 0.521. The van der Waals surface area contributed by atoms with Crippen molar-refractivity contribution in [2.45, 2.75) is 0 Å². The summed E-state index contributed by atoms with van der Waals surface area (Å²) in [5.74, 6) is -0.683. The summed E-state index contributed by atoms with van der Waals surface area (Å²) in [4.78, 5) is 0. The molecule has 12 heavy (non-hydrogen) atoms. The fourth-order valence-corrected chi connectivity index (χ4v) is 0.738. The largest absolute Gasteiger partial charge is 0.295 e. The van der Waals surface area contributed by atoms with Crippen molar-refractivity contribution in [3.63, 3.8) is 0 Å². The fraction of sp³-hybridized carbons (Fsp3) is 0. The maximum Gasteiger partial charge on any atom is 0.143 e. The molecule has 3 nitrogen and oxygen atoms in total. The molecular formula is C7H5F2N3. The van der Waals surface area contributed by atoms with Crippen LogP contribution < -0.4 is 11.1 Å². The predicted molar refractivity (Wildman–Crippen MR) is 39.0 cm³/mol. The second-order valence-electron chi connectivity index (χ2n) is 2.03. The maximum atomic E-state index is 12.8. The number of halogens is 2. The average molecular weight is 169 g/mol. The summed E-state index contributed by atoms with van der Waals surface area (Å²) in [6.07, 6.45) is 0. The molecule has 1 rings (SSSR count). The Bertz CT molecular complexity index is 319. The third kappa shape index (κ3) is 1.68. The zero-order valence-electron chi connectivity index (χ0n) is 5.94. The molecule has 0 radical (unpaired) electrons. The monoisotopic (exact) mass is 169 g/mol. The van der Waals surface area contributed by atoms with E-state index in [4.69, 9.17) is 5.26 Å². The van der Waals surface area contributed by atoms with Crippen molar-refractivity contribution in [1.82, 2.24) is 5.65 Å². The van der Waals surface area contributed by atoms with Gasteiger partial charge in [-0.25, -0.2) is 4.39 Å². The van der Waals surface area contributed by atoms with E-state index in [1.807, 2.05) is 5.43 Å². The van der Waals surface area contributed by atoms with Crippen molar-refractivity contribution in [3.8, 4) is 6.07 Å². The molecule has 0 bridgehead atoms. The molecule has 0 saturated heterocycles. The third-order valence-electron chi connectivity index (χ3n) is 1.28. The number of anilines is 1. The number of hydrogen-bond acceptors (Lipinski definition) is 3. The molecule has 0 heterocycles. The number of nitriles is 1. The molecule has 0 atom stereocenters. The fourth-order valence-electron chi connectivity index (χ4n) is 0.738. The second kappa shape index (κ2) is 3.64. The lowest BCUT2D eigenvalue weighted by molar-refractivity contribution is 0.376. The van der Waals surface area contributed by atoms with E-state index in [1.54, 1.807) is 6.07 Å². The minimum atomic E-state index is -0.683. The molecule has 0 aromatic heterocycles. The van der Waals surface area contributed by atoms with Crippen LogP contribution in [0.5, 0.6) is 0 Å². The molecule has 0 aliphatic rings. The lowest BCUT2D eigenvalue weighted by Crippen LogP contribution is -2.10. The molecule has 1 aromatic carbocycles. The Morgan fingerprint density at radius 1 is 1.42 bits per heavy atom. The van der Waals surface area contributed by atoms with E-state index >= 15 is 0 Å². The van der Waals surface area contributed by atoms with Gasteiger partial charge in [-0.2, -0.15) is 5.26 Å². The minimum absolute atomic E-state index is 0.0700. The first kappa shape index (κ1) is 8.43. The Labute approximate surface area is 67.5 Å². The highest BCUT2D eigenvalue weighted by Crippen LogP contribution is 2.12. The first-order valence-corrected chi connectivity index (χ1v) is 3.09. The van der Waals surface area contributed by atoms with E-state index in [-0.39, 0.29) is 11.3 Å². The number of nitrogens with zero attached hydrogens (tertiary/aromatic N) is 1. The summed E-state index contributed by atoms with van der Waals surface area (Å²) >= 11 is 0. The molecule has 0 saturated carbocycles. The van der Waals surface area contributed by atoms with E-state index in [0.717, 1.165) is 11.7 Å². The van der Waals surface area contributed by atoms with Crippen molar-refractivity contribution in [2.75, 3.05) is 5.43 Å². The lowest BCUT2D eigenvalue weighted by Gasteiger charge is -2.01. The van der Waals surface area contributed by atoms with Crippen LogP contribution in [0.15, 0.2) is 18.2 Å². The van der Waals surface area contributed by atoms with Gasteiger partial charge < -0.3 is 0 Å². The van der Waals surface area contributed by atoms with Crippen molar-refractivity contribution < 1.29 is 8.87 Å². The normalized spacial score (nSPS) is 9.08. The average Bonchev–Trinajstić information content (AvgIpc) is 2.05. The third-order valence-corrected chi connectivity index (χ3v) is 1.28. The Morgan fingerprint density at radius 3 is 2.67 bits per heavy atom. The summed E-state index contributed by atoms with van der Waals surface area (Å²) in [5.41, 5.74) is 3.33. The summed E-state index contributed by atoms with van der Waals surface area (Å²) in [6.45, 7) is 0. The van der Waals surface area contributed by atoms with Crippen LogP contribution in [0, 0.1) is 17.1 Å². The molecule has 5 heteroatoms. The van der Waals surface area contributed by atoms with Gasteiger partial charge in [0.25, 0.3) is 0 Å². The number of benzene rings is 1. The molecule has 0 unspecified atom stereocenters. The van der Waals surface area contributed by atoms with Crippen molar-refractivity contribution in [3.05, 3.63) is 29.6 Å². The van der Waals surface area contributed by atoms with Gasteiger partial charge in [0.05, 0.1) is 11.3 Å². The van der Waals surface area contributed by atoms with Crippen LogP contribution in [0.1, 0.15) is 5.56 Å². The van der Waals surface area contributed by atoms with Gasteiger partial charge in [-0.15, -0.1) is 4.48 Å². The maximum absolute atomic E-state index is 12.8. The summed E-state index contributed by atoms with van der Waals surface area (Å²) in [6, 6.07) is 5.31. The first-order chi connectivity index (χ1) is 5.77. The Balaban J connectivity index is 2.96. The topological polar surface area (TPSA) is 47.9 Å². The highest BCUT2D eigenvalue weighted by atomic mass is 19.2. The van der Waals surface area contributed by atoms with Crippen molar-refractivity contribution >= 4 is 5.69 Å². The van der Waals surface area contributed by atoms with E-state index in [9.17, 15) is 8.87 Å². The summed E-state index contributed by atoms with van der Waals surface area (Å²) in [5, 5.41) is 8.34. The van der Waals surface area contributed by atoms with Gasteiger partial charge in [0.15, 0.2) is 0 Å². The molecule has 2 N–H and O–H groups in total. The SMILES string of the molecule is N#Cc1ccc(NNF)cc1F.